The van der Waals surface area contributed by atoms with Gasteiger partial charge in [-0.3, -0.25) is 9.97 Å². The van der Waals surface area contributed by atoms with Gasteiger partial charge in [-0.05, 0) is 26.0 Å². The summed E-state index contributed by atoms with van der Waals surface area (Å²) in [6, 6.07) is 6.72. The average Bonchev–Trinajstić information content (AvgIpc) is 2.28. The fourth-order valence-electron chi connectivity index (χ4n) is 2.19. The molecule has 2 heterocycles. The van der Waals surface area contributed by atoms with E-state index in [2.05, 4.69) is 9.97 Å². The first-order valence-electron chi connectivity index (χ1n) is 5.66. The summed E-state index contributed by atoms with van der Waals surface area (Å²) in [6.07, 6.45) is 0. The predicted molar refractivity (Wildman–Crippen MR) is 69.8 cm³/mol. The highest BCUT2D eigenvalue weighted by molar-refractivity contribution is 6.06. The molecule has 90 valence electrons. The molecular formula is C14H12N2O2. The van der Waals surface area contributed by atoms with Crippen LogP contribution < -0.4 is 0 Å². The van der Waals surface area contributed by atoms with Crippen LogP contribution in [-0.2, 0) is 0 Å². The summed E-state index contributed by atoms with van der Waals surface area (Å²) in [6.45, 7) is 3.63. The van der Waals surface area contributed by atoms with E-state index in [0.717, 1.165) is 11.4 Å². The van der Waals surface area contributed by atoms with Crippen molar-refractivity contribution in [3.8, 4) is 11.5 Å². The lowest BCUT2D eigenvalue weighted by Gasteiger charge is -2.07. The third kappa shape index (κ3) is 1.46. The minimum Gasteiger partial charge on any atom is -0.507 e. The van der Waals surface area contributed by atoms with Crippen molar-refractivity contribution in [2.75, 3.05) is 0 Å². The summed E-state index contributed by atoms with van der Waals surface area (Å²) in [5.74, 6) is 0.365. The number of pyridine rings is 2. The molecule has 0 radical (unpaired) electrons. The van der Waals surface area contributed by atoms with Gasteiger partial charge in [0.15, 0.2) is 0 Å². The second kappa shape index (κ2) is 3.57. The van der Waals surface area contributed by atoms with Gasteiger partial charge in [0, 0.05) is 34.3 Å². The van der Waals surface area contributed by atoms with Gasteiger partial charge in [0.25, 0.3) is 0 Å². The Bertz CT molecular complexity index is 715. The zero-order valence-corrected chi connectivity index (χ0v) is 10.1. The van der Waals surface area contributed by atoms with Gasteiger partial charge in [0.1, 0.15) is 22.5 Å². The smallest absolute Gasteiger partial charge is 0.126 e. The van der Waals surface area contributed by atoms with E-state index in [1.54, 1.807) is 24.3 Å². The number of hydrogen-bond acceptors (Lipinski definition) is 4. The highest BCUT2D eigenvalue weighted by atomic mass is 16.3. The third-order valence-corrected chi connectivity index (χ3v) is 2.97. The normalized spacial score (nSPS) is 11.2. The number of aryl methyl sites for hydroxylation is 2. The molecule has 2 aromatic heterocycles. The summed E-state index contributed by atoms with van der Waals surface area (Å²) in [5.41, 5.74) is 2.67. The third-order valence-electron chi connectivity index (χ3n) is 2.97. The molecule has 0 unspecified atom stereocenters. The van der Waals surface area contributed by atoms with Crippen molar-refractivity contribution < 1.29 is 10.2 Å². The lowest BCUT2D eigenvalue weighted by atomic mass is 10.1. The number of aromatic nitrogens is 2. The summed E-state index contributed by atoms with van der Waals surface area (Å²) in [5, 5.41) is 21.1. The summed E-state index contributed by atoms with van der Waals surface area (Å²) < 4.78 is 0. The molecule has 0 saturated carbocycles. The summed E-state index contributed by atoms with van der Waals surface area (Å²) >= 11 is 0. The molecule has 2 N–H and O–H groups in total. The van der Waals surface area contributed by atoms with E-state index < -0.39 is 0 Å². The first kappa shape index (κ1) is 10.8. The van der Waals surface area contributed by atoms with Crippen molar-refractivity contribution >= 4 is 21.8 Å². The van der Waals surface area contributed by atoms with Crippen molar-refractivity contribution in [3.05, 3.63) is 35.7 Å². The number of rotatable bonds is 0. The van der Waals surface area contributed by atoms with Crippen LogP contribution in [0.25, 0.3) is 21.8 Å². The molecule has 0 aliphatic heterocycles. The minimum atomic E-state index is 0.183. The van der Waals surface area contributed by atoms with E-state index in [0.29, 0.717) is 21.8 Å². The summed E-state index contributed by atoms with van der Waals surface area (Å²) in [7, 11) is 0. The number of hydrogen-bond donors (Lipinski definition) is 2. The molecule has 3 rings (SSSR count). The second-order valence-corrected chi connectivity index (χ2v) is 4.42. The molecule has 3 aromatic rings. The Hall–Kier alpha value is -2.36. The predicted octanol–water partition coefficient (Wildman–Crippen LogP) is 2.81. The average molecular weight is 240 g/mol. The Kier molecular flexibility index (Phi) is 2.13. The van der Waals surface area contributed by atoms with E-state index in [1.165, 1.54) is 0 Å². The quantitative estimate of drug-likeness (QED) is 0.593. The zero-order chi connectivity index (χ0) is 12.9. The van der Waals surface area contributed by atoms with Crippen LogP contribution in [0.2, 0.25) is 0 Å². The SMILES string of the molecule is Cc1cc(O)c2ccc3c(O)cc(C)nc3c2n1. The Morgan fingerprint density at radius 1 is 0.778 bits per heavy atom. The van der Waals surface area contributed by atoms with Gasteiger partial charge in [-0.1, -0.05) is 0 Å². The van der Waals surface area contributed by atoms with Crippen LogP contribution in [0, 0.1) is 13.8 Å². The van der Waals surface area contributed by atoms with Crippen molar-refractivity contribution in [2.24, 2.45) is 0 Å². The van der Waals surface area contributed by atoms with Crippen LogP contribution in [0.3, 0.4) is 0 Å². The lowest BCUT2D eigenvalue weighted by molar-refractivity contribution is 0.479. The van der Waals surface area contributed by atoms with E-state index in [4.69, 9.17) is 0 Å². The fourth-order valence-corrected chi connectivity index (χ4v) is 2.19. The van der Waals surface area contributed by atoms with E-state index in [9.17, 15) is 10.2 Å². The second-order valence-electron chi connectivity index (χ2n) is 4.42. The molecule has 4 nitrogen and oxygen atoms in total. The Labute approximate surface area is 104 Å². The van der Waals surface area contributed by atoms with Crippen LogP contribution in [0.1, 0.15) is 11.4 Å². The van der Waals surface area contributed by atoms with E-state index in [1.807, 2.05) is 13.8 Å². The molecule has 18 heavy (non-hydrogen) atoms. The number of fused-ring (bicyclic) bond motifs is 3. The Morgan fingerprint density at radius 2 is 1.17 bits per heavy atom. The van der Waals surface area contributed by atoms with E-state index in [-0.39, 0.29) is 11.5 Å². The van der Waals surface area contributed by atoms with Gasteiger partial charge in [-0.15, -0.1) is 0 Å². The lowest BCUT2D eigenvalue weighted by Crippen LogP contribution is -1.90. The van der Waals surface area contributed by atoms with Crippen LogP contribution in [0.4, 0.5) is 0 Å². The van der Waals surface area contributed by atoms with Crippen LogP contribution in [0.15, 0.2) is 24.3 Å². The Morgan fingerprint density at radius 3 is 1.56 bits per heavy atom. The van der Waals surface area contributed by atoms with Crippen molar-refractivity contribution in [2.45, 2.75) is 13.8 Å². The highest BCUT2D eigenvalue weighted by Crippen LogP contribution is 2.33. The monoisotopic (exact) mass is 240 g/mol. The highest BCUT2D eigenvalue weighted by Gasteiger charge is 2.11. The molecule has 0 aliphatic rings. The molecule has 0 saturated heterocycles. The van der Waals surface area contributed by atoms with Gasteiger partial charge in [-0.25, -0.2) is 0 Å². The minimum absolute atomic E-state index is 0.183. The van der Waals surface area contributed by atoms with Crippen molar-refractivity contribution in [3.63, 3.8) is 0 Å². The summed E-state index contributed by atoms with van der Waals surface area (Å²) in [4.78, 5) is 8.83. The molecule has 0 aliphatic carbocycles. The maximum atomic E-state index is 9.92. The maximum Gasteiger partial charge on any atom is 0.126 e. The molecule has 0 fully saturated rings. The first-order chi connectivity index (χ1) is 8.56. The fraction of sp³-hybridized carbons (Fsp3) is 0.143. The largest absolute Gasteiger partial charge is 0.507 e. The molecular weight excluding hydrogens is 228 g/mol. The van der Waals surface area contributed by atoms with Crippen LogP contribution in [-0.4, -0.2) is 20.2 Å². The van der Waals surface area contributed by atoms with Gasteiger partial charge < -0.3 is 10.2 Å². The first-order valence-corrected chi connectivity index (χ1v) is 5.66. The number of nitrogens with zero attached hydrogens (tertiary/aromatic N) is 2. The molecule has 0 atom stereocenters. The zero-order valence-electron chi connectivity index (χ0n) is 10.1. The topological polar surface area (TPSA) is 66.2 Å². The van der Waals surface area contributed by atoms with Gasteiger partial charge in [0.2, 0.25) is 0 Å². The molecule has 0 spiro atoms. The standard InChI is InChI=1S/C14H12N2O2/c1-7-5-11(17)9-3-4-10-12(18)6-8(2)16-14(10)13(9)15-7/h3-6H,1-2H3,(H,15,17)(H,16,18). The van der Waals surface area contributed by atoms with Gasteiger partial charge >= 0.3 is 0 Å². The molecule has 0 bridgehead atoms. The van der Waals surface area contributed by atoms with Gasteiger partial charge in [0.05, 0.1) is 0 Å². The van der Waals surface area contributed by atoms with Crippen molar-refractivity contribution in [1.29, 1.82) is 0 Å². The molecule has 4 heteroatoms. The van der Waals surface area contributed by atoms with Gasteiger partial charge in [-0.2, -0.15) is 0 Å². The number of aromatic hydroxyl groups is 2. The molecule has 1 aromatic carbocycles. The molecule has 0 amide bonds. The maximum absolute atomic E-state index is 9.92. The van der Waals surface area contributed by atoms with E-state index >= 15 is 0 Å². The van der Waals surface area contributed by atoms with Crippen molar-refractivity contribution in [1.82, 2.24) is 9.97 Å². The number of benzene rings is 1. The Balaban J connectivity index is 2.60. The van der Waals surface area contributed by atoms with Crippen LogP contribution >= 0.6 is 0 Å². The van der Waals surface area contributed by atoms with Crippen LogP contribution in [0.5, 0.6) is 11.5 Å².